The quantitative estimate of drug-likeness (QED) is 0.224. The lowest BCUT2D eigenvalue weighted by Gasteiger charge is -2.15. The molecule has 0 N–H and O–H groups in total. The molecule has 1 aromatic heterocycles. The fourth-order valence-electron chi connectivity index (χ4n) is 3.93. The number of aryl methyl sites for hydroxylation is 1. The number of anilines is 1. The molecule has 1 aliphatic rings. The van der Waals surface area contributed by atoms with Crippen LogP contribution in [-0.4, -0.2) is 18.3 Å². The summed E-state index contributed by atoms with van der Waals surface area (Å²) in [7, 11) is 2.15. The summed E-state index contributed by atoms with van der Waals surface area (Å²) in [5.74, 6) is 0. The molecule has 0 fully saturated rings. The molecule has 5 heteroatoms. The van der Waals surface area contributed by atoms with Crippen molar-refractivity contribution < 1.29 is 4.57 Å². The predicted molar refractivity (Wildman–Crippen MR) is 128 cm³/mol. The van der Waals surface area contributed by atoms with Crippen LogP contribution in [0.5, 0.6) is 0 Å². The maximum absolute atomic E-state index is 4.96. The summed E-state index contributed by atoms with van der Waals surface area (Å²) in [6.07, 6.45) is 4.28. The molecule has 30 heavy (non-hydrogen) atoms. The Morgan fingerprint density at radius 2 is 1.77 bits per heavy atom. The van der Waals surface area contributed by atoms with Crippen molar-refractivity contribution in [3.05, 3.63) is 89.2 Å². The number of hydrogen-bond acceptors (Lipinski definition) is 4. The standard InChI is InChI=1S/C25H22N3S2/c1-17-15-19(26-25(29-3)28(17)20-10-5-4-6-11-20)16-23-27(2)24-21-12-8-7-9-18(21)13-14-22(24)30-23/h4-16H,1-3H3/q+1. The highest BCUT2D eigenvalue weighted by atomic mass is 32.2. The molecule has 0 radical (unpaired) electrons. The number of fused-ring (bicyclic) bond motifs is 3. The Bertz CT molecular complexity index is 1280. The average Bonchev–Trinajstić information content (AvgIpc) is 3.09. The zero-order valence-electron chi connectivity index (χ0n) is 17.2. The summed E-state index contributed by atoms with van der Waals surface area (Å²) in [4.78, 5) is 8.54. The molecular weight excluding hydrogens is 406 g/mol. The first-order valence-corrected chi connectivity index (χ1v) is 11.9. The highest BCUT2D eigenvalue weighted by Gasteiger charge is 2.26. The first-order valence-electron chi connectivity index (χ1n) is 9.84. The third-order valence-corrected chi connectivity index (χ3v) is 7.13. The topological polar surface area (TPSA) is 20.0 Å². The van der Waals surface area contributed by atoms with Crippen molar-refractivity contribution in [3.63, 3.8) is 0 Å². The number of nitrogens with zero attached hydrogens (tertiary/aromatic N) is 3. The van der Waals surface area contributed by atoms with Gasteiger partial charge in [0.15, 0.2) is 5.69 Å². The van der Waals surface area contributed by atoms with Crippen molar-refractivity contribution in [2.24, 2.45) is 0 Å². The highest BCUT2D eigenvalue weighted by Crippen LogP contribution is 2.49. The van der Waals surface area contributed by atoms with Gasteiger partial charge in [-0.1, -0.05) is 60.3 Å². The molecule has 0 unspecified atom stereocenters. The third-order valence-electron chi connectivity index (χ3n) is 5.34. The fourth-order valence-corrected chi connectivity index (χ4v) is 5.67. The molecule has 3 nitrogen and oxygen atoms in total. The predicted octanol–water partition coefficient (Wildman–Crippen LogP) is 6.08. The summed E-state index contributed by atoms with van der Waals surface area (Å²) < 4.78 is 2.21. The van der Waals surface area contributed by atoms with Crippen molar-refractivity contribution in [1.82, 2.24) is 4.98 Å². The molecule has 5 rings (SSSR count). The first-order chi connectivity index (χ1) is 14.7. The van der Waals surface area contributed by atoms with Crippen LogP contribution in [0.15, 0.2) is 87.9 Å². The third kappa shape index (κ3) is 3.28. The molecule has 0 spiro atoms. The van der Waals surface area contributed by atoms with Crippen LogP contribution in [0.2, 0.25) is 0 Å². The van der Waals surface area contributed by atoms with Crippen LogP contribution in [-0.2, 0) is 0 Å². The van der Waals surface area contributed by atoms with E-state index in [4.69, 9.17) is 4.98 Å². The summed E-state index contributed by atoms with van der Waals surface area (Å²) in [5, 5.41) is 4.74. The van der Waals surface area contributed by atoms with Crippen molar-refractivity contribution in [2.45, 2.75) is 17.0 Å². The largest absolute Gasteiger partial charge is 0.364 e. The summed E-state index contributed by atoms with van der Waals surface area (Å²) in [5.41, 5.74) is 4.57. The van der Waals surface area contributed by atoms with Crippen LogP contribution < -0.4 is 9.47 Å². The maximum atomic E-state index is 4.96. The number of hydrogen-bond donors (Lipinski definition) is 0. The van der Waals surface area contributed by atoms with E-state index in [9.17, 15) is 0 Å². The molecule has 2 heterocycles. The monoisotopic (exact) mass is 428 g/mol. The lowest BCUT2D eigenvalue weighted by molar-refractivity contribution is -0.647. The first kappa shape index (κ1) is 19.2. The minimum absolute atomic E-state index is 0.982. The van der Waals surface area contributed by atoms with Gasteiger partial charge in [0.25, 0.3) is 0 Å². The molecule has 0 aliphatic carbocycles. The molecule has 1 aliphatic heterocycles. The van der Waals surface area contributed by atoms with Gasteiger partial charge in [0.1, 0.15) is 11.4 Å². The van der Waals surface area contributed by atoms with E-state index in [1.165, 1.54) is 32.1 Å². The van der Waals surface area contributed by atoms with E-state index in [1.54, 1.807) is 11.8 Å². The van der Waals surface area contributed by atoms with Crippen molar-refractivity contribution in [3.8, 4) is 5.69 Å². The Labute approximate surface area is 185 Å². The summed E-state index contributed by atoms with van der Waals surface area (Å²) >= 11 is 3.48. The van der Waals surface area contributed by atoms with E-state index in [-0.39, 0.29) is 0 Å². The van der Waals surface area contributed by atoms with Crippen molar-refractivity contribution >= 4 is 46.1 Å². The van der Waals surface area contributed by atoms with Crippen molar-refractivity contribution in [1.29, 1.82) is 0 Å². The number of benzene rings is 3. The van der Waals surface area contributed by atoms with Gasteiger partial charge in [-0.15, -0.1) is 0 Å². The van der Waals surface area contributed by atoms with Crippen LogP contribution in [0.25, 0.3) is 22.5 Å². The minimum atomic E-state index is 0.982. The van der Waals surface area contributed by atoms with Crippen LogP contribution in [0.4, 0.5) is 5.69 Å². The highest BCUT2D eigenvalue weighted by molar-refractivity contribution is 8.04. The van der Waals surface area contributed by atoms with Gasteiger partial charge >= 0.3 is 5.16 Å². The van der Waals surface area contributed by atoms with Gasteiger partial charge in [0.05, 0.1) is 10.7 Å². The maximum Gasteiger partial charge on any atom is 0.364 e. The Kier molecular flexibility index (Phi) is 5.01. The molecule has 0 saturated heterocycles. The van der Waals surface area contributed by atoms with Crippen LogP contribution in [0, 0.1) is 6.92 Å². The number of aromatic nitrogens is 2. The van der Waals surface area contributed by atoms with E-state index >= 15 is 0 Å². The van der Waals surface area contributed by atoms with Crippen LogP contribution in [0.3, 0.4) is 0 Å². The Morgan fingerprint density at radius 1 is 1.00 bits per heavy atom. The normalized spacial score (nSPS) is 14.5. The van der Waals surface area contributed by atoms with Crippen LogP contribution in [0.1, 0.15) is 11.4 Å². The lowest BCUT2D eigenvalue weighted by atomic mass is 10.1. The smallest absolute Gasteiger partial charge is 0.338 e. The molecule has 0 amide bonds. The van der Waals surface area contributed by atoms with E-state index in [0.717, 1.165) is 16.5 Å². The zero-order chi connectivity index (χ0) is 20.7. The number of thioether (sulfide) groups is 2. The molecule has 0 atom stereocenters. The summed E-state index contributed by atoms with van der Waals surface area (Å²) in [6, 6.07) is 25.6. The van der Waals surface area contributed by atoms with Gasteiger partial charge in [-0.05, 0) is 53.5 Å². The van der Waals surface area contributed by atoms with Gasteiger partial charge in [-0.25, -0.2) is 0 Å². The molecule has 3 aromatic carbocycles. The molecule has 4 aromatic rings. The van der Waals surface area contributed by atoms with Gasteiger partial charge in [-0.2, -0.15) is 4.57 Å². The van der Waals surface area contributed by atoms with E-state index in [0.29, 0.717) is 0 Å². The second-order valence-corrected chi connectivity index (χ2v) is 9.09. The number of rotatable bonds is 3. The second kappa shape index (κ2) is 7.82. The Morgan fingerprint density at radius 3 is 2.57 bits per heavy atom. The molecule has 0 bridgehead atoms. The minimum Gasteiger partial charge on any atom is -0.338 e. The summed E-state index contributed by atoms with van der Waals surface area (Å²) in [6.45, 7) is 2.14. The molecule has 0 saturated carbocycles. The van der Waals surface area contributed by atoms with Crippen LogP contribution >= 0.6 is 23.5 Å². The van der Waals surface area contributed by atoms with E-state index in [1.807, 2.05) is 17.8 Å². The van der Waals surface area contributed by atoms with Gasteiger partial charge in [0, 0.05) is 29.5 Å². The van der Waals surface area contributed by atoms with Gasteiger partial charge < -0.3 is 4.90 Å². The SMILES string of the molecule is CSc1nc(/C=C2\Sc3ccc4ccccc4c3N2C)cc(C)[n+]1-c1ccccc1. The van der Waals surface area contributed by atoms with Crippen molar-refractivity contribution in [2.75, 3.05) is 18.2 Å². The van der Waals surface area contributed by atoms with Gasteiger partial charge in [0.2, 0.25) is 0 Å². The van der Waals surface area contributed by atoms with E-state index in [2.05, 4.69) is 103 Å². The zero-order valence-corrected chi connectivity index (χ0v) is 18.8. The van der Waals surface area contributed by atoms with Gasteiger partial charge in [-0.3, -0.25) is 0 Å². The fraction of sp³-hybridized carbons (Fsp3) is 0.120. The molecule has 148 valence electrons. The molecular formula is C25H22N3S2+. The van der Waals surface area contributed by atoms with E-state index < -0.39 is 0 Å². The Balaban J connectivity index is 1.57. The second-order valence-electron chi connectivity index (χ2n) is 7.26. The lowest BCUT2D eigenvalue weighted by Crippen LogP contribution is -2.38. The average molecular weight is 429 g/mol. The Hall–Kier alpha value is -2.76. The number of para-hydroxylation sites is 1.